The number of halogens is 1. The van der Waals surface area contributed by atoms with E-state index in [0.717, 1.165) is 26.3 Å². The van der Waals surface area contributed by atoms with Gasteiger partial charge in [0.15, 0.2) is 0 Å². The summed E-state index contributed by atoms with van der Waals surface area (Å²) in [4.78, 5) is 16.9. The van der Waals surface area contributed by atoms with E-state index in [1.807, 2.05) is 48.7 Å². The highest BCUT2D eigenvalue weighted by Crippen LogP contribution is 2.26. The summed E-state index contributed by atoms with van der Waals surface area (Å²) in [6, 6.07) is 16.1. The van der Waals surface area contributed by atoms with E-state index < -0.39 is 0 Å². The molecule has 0 aliphatic carbocycles. The number of hydrogen-bond acceptors (Lipinski definition) is 3. The smallest absolute Gasteiger partial charge is 0.226 e. The number of aryl methyl sites for hydroxylation is 1. The Morgan fingerprint density at radius 2 is 2.04 bits per heavy atom. The third-order valence-electron chi connectivity index (χ3n) is 4.00. The van der Waals surface area contributed by atoms with Gasteiger partial charge in [-0.3, -0.25) is 4.79 Å². The summed E-state index contributed by atoms with van der Waals surface area (Å²) in [6.07, 6.45) is 0.292. The van der Waals surface area contributed by atoms with Crippen LogP contribution >= 0.6 is 27.3 Å². The molecule has 128 valence electrons. The van der Waals surface area contributed by atoms with E-state index in [2.05, 4.69) is 45.3 Å². The predicted molar refractivity (Wildman–Crippen MR) is 107 cm³/mol. The molecule has 0 spiro atoms. The van der Waals surface area contributed by atoms with Crippen LogP contribution in [0.4, 0.5) is 0 Å². The maximum absolute atomic E-state index is 12.4. The second-order valence-electron chi connectivity index (χ2n) is 5.98. The molecule has 3 aromatic rings. The molecule has 25 heavy (non-hydrogen) atoms. The van der Waals surface area contributed by atoms with Crippen molar-refractivity contribution >= 4 is 33.2 Å². The topological polar surface area (TPSA) is 42.0 Å². The van der Waals surface area contributed by atoms with Crippen LogP contribution in [-0.4, -0.2) is 10.9 Å². The molecule has 1 unspecified atom stereocenters. The minimum absolute atomic E-state index is 0.0122. The highest BCUT2D eigenvalue weighted by Gasteiger charge is 2.13. The first-order chi connectivity index (χ1) is 12.0. The average molecular weight is 415 g/mol. The van der Waals surface area contributed by atoms with Crippen molar-refractivity contribution in [1.82, 2.24) is 10.3 Å². The zero-order valence-electron chi connectivity index (χ0n) is 14.1. The number of benzene rings is 2. The molecule has 0 saturated carbocycles. The Kier molecular flexibility index (Phi) is 5.66. The maximum Gasteiger partial charge on any atom is 0.226 e. The van der Waals surface area contributed by atoms with E-state index in [4.69, 9.17) is 0 Å². The van der Waals surface area contributed by atoms with Crippen LogP contribution in [0.5, 0.6) is 0 Å². The average Bonchev–Trinajstić information content (AvgIpc) is 3.03. The summed E-state index contributed by atoms with van der Waals surface area (Å²) in [7, 11) is 0. The van der Waals surface area contributed by atoms with Crippen LogP contribution in [-0.2, 0) is 11.2 Å². The number of rotatable bonds is 5. The molecular formula is C20H19BrN2OS. The lowest BCUT2D eigenvalue weighted by atomic mass is 10.0. The molecule has 1 N–H and O–H groups in total. The fraction of sp³-hybridized carbons (Fsp3) is 0.200. The minimum Gasteiger partial charge on any atom is -0.349 e. The first kappa shape index (κ1) is 17.8. The molecular weight excluding hydrogens is 396 g/mol. The van der Waals surface area contributed by atoms with Crippen LogP contribution in [0.1, 0.15) is 29.8 Å². The summed E-state index contributed by atoms with van der Waals surface area (Å²) >= 11 is 5.03. The van der Waals surface area contributed by atoms with E-state index >= 15 is 0 Å². The van der Waals surface area contributed by atoms with E-state index in [1.54, 1.807) is 11.3 Å². The normalized spacial score (nSPS) is 12.0. The maximum atomic E-state index is 12.4. The fourth-order valence-corrected chi connectivity index (χ4v) is 3.97. The van der Waals surface area contributed by atoms with Gasteiger partial charge in [-0.25, -0.2) is 4.98 Å². The van der Waals surface area contributed by atoms with E-state index in [0.29, 0.717) is 6.42 Å². The van der Waals surface area contributed by atoms with Crippen molar-refractivity contribution in [3.8, 4) is 10.6 Å². The Labute approximate surface area is 160 Å². The molecule has 0 fully saturated rings. The van der Waals surface area contributed by atoms with Crippen molar-refractivity contribution in [3.63, 3.8) is 0 Å². The van der Waals surface area contributed by atoms with Gasteiger partial charge in [-0.15, -0.1) is 11.3 Å². The number of carbonyl (C=O) groups is 1. The third-order valence-corrected chi connectivity index (χ3v) is 5.43. The lowest BCUT2D eigenvalue weighted by molar-refractivity contribution is -0.121. The Hall–Kier alpha value is -1.98. The molecule has 0 radical (unpaired) electrons. The molecule has 0 saturated heterocycles. The van der Waals surface area contributed by atoms with Gasteiger partial charge in [0, 0.05) is 15.4 Å². The number of aromatic nitrogens is 1. The summed E-state index contributed by atoms with van der Waals surface area (Å²) in [5.41, 5.74) is 4.18. The van der Waals surface area contributed by atoms with Crippen LogP contribution < -0.4 is 5.32 Å². The molecule has 2 aromatic carbocycles. The number of carbonyl (C=O) groups excluding carboxylic acids is 1. The SMILES string of the molecule is Cc1ccccc1C(C)NC(=O)Cc1csc(-c2cccc(Br)c2)n1. The Bertz CT molecular complexity index is 891. The predicted octanol–water partition coefficient (Wildman–Crippen LogP) is 5.30. The Morgan fingerprint density at radius 1 is 1.24 bits per heavy atom. The van der Waals surface area contributed by atoms with Gasteiger partial charge in [0.25, 0.3) is 0 Å². The molecule has 5 heteroatoms. The van der Waals surface area contributed by atoms with Gasteiger partial charge in [-0.2, -0.15) is 0 Å². The van der Waals surface area contributed by atoms with Crippen molar-refractivity contribution in [2.24, 2.45) is 0 Å². The molecule has 1 atom stereocenters. The minimum atomic E-state index is -0.0168. The molecule has 3 nitrogen and oxygen atoms in total. The first-order valence-corrected chi connectivity index (χ1v) is 9.75. The second-order valence-corrected chi connectivity index (χ2v) is 7.75. The summed E-state index contributed by atoms with van der Waals surface area (Å²) in [5, 5.41) is 5.94. The largest absolute Gasteiger partial charge is 0.349 e. The van der Waals surface area contributed by atoms with Gasteiger partial charge in [-0.05, 0) is 37.1 Å². The molecule has 0 bridgehead atoms. The molecule has 1 amide bonds. The number of thiazole rings is 1. The second kappa shape index (κ2) is 7.93. The van der Waals surface area contributed by atoms with Crippen LogP contribution in [0.15, 0.2) is 58.4 Å². The zero-order valence-corrected chi connectivity index (χ0v) is 16.5. The Morgan fingerprint density at radius 3 is 2.80 bits per heavy atom. The lowest BCUT2D eigenvalue weighted by Gasteiger charge is -2.16. The van der Waals surface area contributed by atoms with Gasteiger partial charge in [0.05, 0.1) is 18.2 Å². The first-order valence-electron chi connectivity index (χ1n) is 8.08. The lowest BCUT2D eigenvalue weighted by Crippen LogP contribution is -2.28. The number of amides is 1. The third kappa shape index (κ3) is 4.55. The van der Waals surface area contributed by atoms with Crippen molar-refractivity contribution in [3.05, 3.63) is 75.2 Å². The monoisotopic (exact) mass is 414 g/mol. The van der Waals surface area contributed by atoms with Crippen molar-refractivity contribution < 1.29 is 4.79 Å². The molecule has 0 aliphatic rings. The molecule has 0 aliphatic heterocycles. The van der Waals surface area contributed by atoms with E-state index in [-0.39, 0.29) is 11.9 Å². The molecule has 1 heterocycles. The van der Waals surface area contributed by atoms with E-state index in [9.17, 15) is 4.79 Å². The quantitative estimate of drug-likeness (QED) is 0.615. The van der Waals surface area contributed by atoms with Gasteiger partial charge in [0.2, 0.25) is 5.91 Å². The van der Waals surface area contributed by atoms with Gasteiger partial charge in [-0.1, -0.05) is 52.3 Å². The van der Waals surface area contributed by atoms with Crippen molar-refractivity contribution in [1.29, 1.82) is 0 Å². The van der Waals surface area contributed by atoms with Gasteiger partial charge < -0.3 is 5.32 Å². The Balaban J connectivity index is 1.65. The highest BCUT2D eigenvalue weighted by molar-refractivity contribution is 9.10. The molecule has 1 aromatic heterocycles. The highest BCUT2D eigenvalue weighted by atomic mass is 79.9. The van der Waals surface area contributed by atoms with Crippen LogP contribution in [0.2, 0.25) is 0 Å². The summed E-state index contributed by atoms with van der Waals surface area (Å²) in [6.45, 7) is 4.07. The van der Waals surface area contributed by atoms with Crippen LogP contribution in [0, 0.1) is 6.92 Å². The van der Waals surface area contributed by atoms with Gasteiger partial charge >= 0.3 is 0 Å². The van der Waals surface area contributed by atoms with Crippen LogP contribution in [0.3, 0.4) is 0 Å². The van der Waals surface area contributed by atoms with Crippen molar-refractivity contribution in [2.45, 2.75) is 26.3 Å². The van der Waals surface area contributed by atoms with Gasteiger partial charge in [0.1, 0.15) is 5.01 Å². The van der Waals surface area contributed by atoms with Crippen LogP contribution in [0.25, 0.3) is 10.6 Å². The molecule has 3 rings (SSSR count). The van der Waals surface area contributed by atoms with E-state index in [1.165, 1.54) is 5.56 Å². The standard InChI is InChI=1S/C20H19BrN2OS/c1-13-6-3-4-9-18(13)14(2)22-19(24)11-17-12-25-20(23-17)15-7-5-8-16(21)10-15/h3-10,12,14H,11H2,1-2H3,(H,22,24). The zero-order chi connectivity index (χ0) is 17.8. The number of hydrogen-bond donors (Lipinski definition) is 1. The van der Waals surface area contributed by atoms with Crippen molar-refractivity contribution in [2.75, 3.05) is 0 Å². The number of nitrogens with one attached hydrogen (secondary N) is 1. The summed E-state index contributed by atoms with van der Waals surface area (Å²) < 4.78 is 1.02. The summed E-state index contributed by atoms with van der Waals surface area (Å²) in [5.74, 6) is -0.0122. The fourth-order valence-electron chi connectivity index (χ4n) is 2.75. The number of nitrogens with zero attached hydrogens (tertiary/aromatic N) is 1.